The van der Waals surface area contributed by atoms with Gasteiger partial charge in [-0.3, -0.25) is 4.79 Å². The third kappa shape index (κ3) is 2.76. The third-order valence-electron chi connectivity index (χ3n) is 4.50. The molecule has 5 rings (SSSR count). The van der Waals surface area contributed by atoms with Crippen molar-refractivity contribution in [2.45, 2.75) is 0 Å². The molecule has 0 bridgehead atoms. The standard InChI is InChI=1S/C21H15N3O3S/c1-26-17-9-5-3-7-15(17)19-22-21-24(23-19)20(25)18(28-21)11-13-10-14-6-2-4-8-16(14)27-12-13/h2-11H,12H2,1H3/b18-11-. The van der Waals surface area contributed by atoms with E-state index in [9.17, 15) is 4.79 Å². The SMILES string of the molecule is COc1ccccc1-c1nc2s/c(=C\C3=Cc4ccccc4OC3)c(=O)n2n1. The summed E-state index contributed by atoms with van der Waals surface area (Å²) in [7, 11) is 1.60. The van der Waals surface area contributed by atoms with E-state index in [-0.39, 0.29) is 5.56 Å². The van der Waals surface area contributed by atoms with Gasteiger partial charge in [-0.1, -0.05) is 41.7 Å². The van der Waals surface area contributed by atoms with E-state index in [0.717, 1.165) is 22.4 Å². The quantitative estimate of drug-likeness (QED) is 0.539. The van der Waals surface area contributed by atoms with Gasteiger partial charge in [-0.05, 0) is 35.9 Å². The van der Waals surface area contributed by atoms with Crippen LogP contribution in [0.5, 0.6) is 11.5 Å². The fourth-order valence-corrected chi connectivity index (χ4v) is 4.09. The first kappa shape index (κ1) is 16.7. The van der Waals surface area contributed by atoms with E-state index in [0.29, 0.717) is 27.7 Å². The van der Waals surface area contributed by atoms with Crippen molar-refractivity contribution in [1.29, 1.82) is 0 Å². The Balaban J connectivity index is 1.57. The number of rotatable bonds is 3. The molecule has 2 aromatic heterocycles. The summed E-state index contributed by atoms with van der Waals surface area (Å²) in [6, 6.07) is 15.3. The van der Waals surface area contributed by atoms with Crippen LogP contribution in [0.2, 0.25) is 0 Å². The number of ether oxygens (including phenoxy) is 2. The molecule has 4 aromatic rings. The maximum absolute atomic E-state index is 12.8. The molecule has 1 aliphatic heterocycles. The molecule has 0 aliphatic carbocycles. The summed E-state index contributed by atoms with van der Waals surface area (Å²) < 4.78 is 13.0. The van der Waals surface area contributed by atoms with Gasteiger partial charge in [-0.25, -0.2) is 0 Å². The van der Waals surface area contributed by atoms with Crippen LogP contribution in [0, 0.1) is 0 Å². The fraction of sp³-hybridized carbons (Fsp3) is 0.0952. The summed E-state index contributed by atoms with van der Waals surface area (Å²) in [5.41, 5.74) is 2.51. The number of thiazole rings is 1. The van der Waals surface area contributed by atoms with Gasteiger partial charge in [0.2, 0.25) is 4.96 Å². The lowest BCUT2D eigenvalue weighted by molar-refractivity contribution is 0.352. The van der Waals surface area contributed by atoms with Crippen LogP contribution in [0.4, 0.5) is 0 Å². The lowest BCUT2D eigenvalue weighted by atomic mass is 10.1. The van der Waals surface area contributed by atoms with E-state index in [1.54, 1.807) is 7.11 Å². The molecular formula is C21H15N3O3S. The molecule has 0 saturated heterocycles. The topological polar surface area (TPSA) is 65.7 Å². The molecule has 0 atom stereocenters. The van der Waals surface area contributed by atoms with Crippen molar-refractivity contribution < 1.29 is 9.47 Å². The molecule has 0 fully saturated rings. The highest BCUT2D eigenvalue weighted by Gasteiger charge is 2.15. The zero-order valence-electron chi connectivity index (χ0n) is 15.0. The summed E-state index contributed by atoms with van der Waals surface area (Å²) >= 11 is 1.31. The molecular weight excluding hydrogens is 374 g/mol. The van der Waals surface area contributed by atoms with Crippen LogP contribution in [-0.4, -0.2) is 28.3 Å². The molecule has 3 heterocycles. The second-order valence-electron chi connectivity index (χ2n) is 6.29. The van der Waals surface area contributed by atoms with Gasteiger partial charge in [-0.15, -0.1) is 5.10 Å². The zero-order valence-corrected chi connectivity index (χ0v) is 15.8. The van der Waals surface area contributed by atoms with Gasteiger partial charge in [0.25, 0.3) is 5.56 Å². The van der Waals surface area contributed by atoms with Gasteiger partial charge in [-0.2, -0.15) is 9.50 Å². The van der Waals surface area contributed by atoms with Crippen LogP contribution < -0.4 is 19.6 Å². The van der Waals surface area contributed by atoms with Crippen molar-refractivity contribution in [3.8, 4) is 22.9 Å². The summed E-state index contributed by atoms with van der Waals surface area (Å²) in [5, 5.41) is 4.39. The molecule has 138 valence electrons. The Morgan fingerprint density at radius 3 is 2.86 bits per heavy atom. The van der Waals surface area contributed by atoms with Gasteiger partial charge in [0.05, 0.1) is 17.2 Å². The van der Waals surface area contributed by atoms with Crippen LogP contribution >= 0.6 is 11.3 Å². The van der Waals surface area contributed by atoms with Crippen LogP contribution in [0.25, 0.3) is 28.5 Å². The van der Waals surface area contributed by atoms with Crippen molar-refractivity contribution in [1.82, 2.24) is 14.6 Å². The van der Waals surface area contributed by atoms with E-state index in [4.69, 9.17) is 9.47 Å². The highest BCUT2D eigenvalue weighted by molar-refractivity contribution is 7.15. The summed E-state index contributed by atoms with van der Waals surface area (Å²) in [6.45, 7) is 0.427. The number of nitrogens with zero attached hydrogens (tertiary/aromatic N) is 3. The Bertz CT molecular complexity index is 1340. The second kappa shape index (κ2) is 6.61. The average Bonchev–Trinajstić information content (AvgIpc) is 3.27. The van der Waals surface area contributed by atoms with E-state index in [1.807, 2.05) is 60.7 Å². The summed E-state index contributed by atoms with van der Waals surface area (Å²) in [5.74, 6) is 2.00. The van der Waals surface area contributed by atoms with Crippen molar-refractivity contribution >= 4 is 28.4 Å². The number of para-hydroxylation sites is 2. The maximum atomic E-state index is 12.8. The first-order valence-electron chi connectivity index (χ1n) is 8.70. The van der Waals surface area contributed by atoms with Crippen LogP contribution in [0.15, 0.2) is 58.9 Å². The Morgan fingerprint density at radius 1 is 1.18 bits per heavy atom. The number of hydrogen-bond acceptors (Lipinski definition) is 6. The molecule has 6 nitrogen and oxygen atoms in total. The maximum Gasteiger partial charge on any atom is 0.291 e. The minimum Gasteiger partial charge on any atom is -0.496 e. The Hall–Kier alpha value is -3.45. The first-order chi connectivity index (χ1) is 13.7. The lowest BCUT2D eigenvalue weighted by Crippen LogP contribution is -2.24. The highest BCUT2D eigenvalue weighted by atomic mass is 32.1. The van der Waals surface area contributed by atoms with E-state index in [2.05, 4.69) is 10.1 Å². The van der Waals surface area contributed by atoms with Crippen molar-refractivity contribution in [2.75, 3.05) is 13.7 Å². The van der Waals surface area contributed by atoms with E-state index >= 15 is 0 Å². The number of aromatic nitrogens is 3. The number of methoxy groups -OCH3 is 1. The van der Waals surface area contributed by atoms with Gasteiger partial charge >= 0.3 is 0 Å². The zero-order chi connectivity index (χ0) is 19.1. The monoisotopic (exact) mass is 389 g/mol. The predicted molar refractivity (Wildman–Crippen MR) is 109 cm³/mol. The molecule has 1 aliphatic rings. The Labute approximate surface area is 164 Å². The van der Waals surface area contributed by atoms with E-state index in [1.165, 1.54) is 15.9 Å². The van der Waals surface area contributed by atoms with Crippen molar-refractivity contribution in [2.24, 2.45) is 0 Å². The molecule has 0 amide bonds. The van der Waals surface area contributed by atoms with Crippen LogP contribution in [0.1, 0.15) is 5.56 Å². The third-order valence-corrected chi connectivity index (χ3v) is 5.46. The molecule has 0 N–H and O–H groups in total. The molecule has 7 heteroatoms. The highest BCUT2D eigenvalue weighted by Crippen LogP contribution is 2.28. The second-order valence-corrected chi connectivity index (χ2v) is 7.30. The number of hydrogen-bond donors (Lipinski definition) is 0. The van der Waals surface area contributed by atoms with Gasteiger partial charge in [0, 0.05) is 5.56 Å². The summed E-state index contributed by atoms with van der Waals surface area (Å²) in [4.78, 5) is 17.9. The largest absolute Gasteiger partial charge is 0.496 e. The molecule has 28 heavy (non-hydrogen) atoms. The summed E-state index contributed by atoms with van der Waals surface area (Å²) in [6.07, 6.45) is 3.89. The van der Waals surface area contributed by atoms with Crippen LogP contribution in [0.3, 0.4) is 0 Å². The normalized spacial score (nSPS) is 13.9. The first-order valence-corrected chi connectivity index (χ1v) is 9.52. The van der Waals surface area contributed by atoms with Gasteiger partial charge in [0.15, 0.2) is 5.82 Å². The van der Waals surface area contributed by atoms with E-state index < -0.39 is 0 Å². The Kier molecular flexibility index (Phi) is 3.95. The lowest BCUT2D eigenvalue weighted by Gasteiger charge is -2.15. The molecule has 0 unspecified atom stereocenters. The molecule has 0 spiro atoms. The van der Waals surface area contributed by atoms with Gasteiger partial charge < -0.3 is 9.47 Å². The average molecular weight is 389 g/mol. The number of benzene rings is 2. The fourth-order valence-electron chi connectivity index (χ4n) is 3.16. The molecule has 0 radical (unpaired) electrons. The minimum absolute atomic E-state index is 0.187. The molecule has 2 aromatic carbocycles. The molecule has 0 saturated carbocycles. The van der Waals surface area contributed by atoms with Gasteiger partial charge in [0.1, 0.15) is 18.1 Å². The smallest absolute Gasteiger partial charge is 0.291 e. The minimum atomic E-state index is -0.187. The number of fused-ring (bicyclic) bond motifs is 2. The van der Waals surface area contributed by atoms with Crippen molar-refractivity contribution in [3.05, 3.63) is 74.6 Å². The Morgan fingerprint density at radius 2 is 2.00 bits per heavy atom. The predicted octanol–water partition coefficient (Wildman–Crippen LogP) is 2.80. The van der Waals surface area contributed by atoms with Crippen LogP contribution in [-0.2, 0) is 0 Å². The van der Waals surface area contributed by atoms with Crippen molar-refractivity contribution in [3.63, 3.8) is 0 Å².